The van der Waals surface area contributed by atoms with E-state index >= 15 is 0 Å². The Labute approximate surface area is 166 Å². The number of rotatable bonds is 3. The maximum Gasteiger partial charge on any atom is 0.0864 e. The molecule has 1 saturated carbocycles. The number of hydrogen-bond donors (Lipinski definition) is 0. The zero-order valence-electron chi connectivity index (χ0n) is 16.1. The second-order valence-corrected chi connectivity index (χ2v) is 7.74. The maximum absolute atomic E-state index is 3.79. The number of fused-ring (bicyclic) bond motifs is 1. The zero-order chi connectivity index (χ0) is 19.0. The van der Waals surface area contributed by atoms with Crippen molar-refractivity contribution < 1.29 is 0 Å². The molecule has 1 aliphatic rings. The van der Waals surface area contributed by atoms with E-state index in [1.165, 1.54) is 34.9 Å². The summed E-state index contributed by atoms with van der Waals surface area (Å²) in [5, 5.41) is 1.31. The summed E-state index contributed by atoms with van der Waals surface area (Å²) in [5.74, 6) is 7.86. The van der Waals surface area contributed by atoms with Crippen molar-refractivity contribution in [3.05, 3.63) is 108 Å². The van der Waals surface area contributed by atoms with E-state index in [-0.39, 0.29) is 5.41 Å². The molecule has 1 aliphatic carbocycles. The van der Waals surface area contributed by atoms with Gasteiger partial charge in [0.1, 0.15) is 0 Å². The van der Waals surface area contributed by atoms with Gasteiger partial charge in [0.05, 0.1) is 5.41 Å². The maximum atomic E-state index is 3.79. The van der Waals surface area contributed by atoms with Crippen LogP contribution in [0.5, 0.6) is 0 Å². The molecule has 1 heterocycles. The van der Waals surface area contributed by atoms with Crippen LogP contribution in [0.25, 0.3) is 10.9 Å². The molecule has 4 aromatic rings. The second kappa shape index (κ2) is 6.73. The molecule has 28 heavy (non-hydrogen) atoms. The fourth-order valence-electron chi connectivity index (χ4n) is 4.42. The number of para-hydroxylation sites is 1. The average Bonchev–Trinajstić information content (AvgIpc) is 3.55. The van der Waals surface area contributed by atoms with Crippen molar-refractivity contribution in [1.82, 2.24) is 4.57 Å². The molecular weight excluding hydrogens is 338 g/mol. The minimum Gasteiger partial charge on any atom is -0.350 e. The SMILES string of the molecule is Cn1cc(C(C#Cc2ccccc2)(c2ccccc2)C2CC2)c2ccccc21. The van der Waals surface area contributed by atoms with Gasteiger partial charge in [0, 0.05) is 35.3 Å². The molecule has 1 unspecified atom stereocenters. The Morgan fingerprint density at radius 1 is 0.821 bits per heavy atom. The largest absolute Gasteiger partial charge is 0.350 e. The van der Waals surface area contributed by atoms with Gasteiger partial charge in [0.25, 0.3) is 0 Å². The van der Waals surface area contributed by atoms with Gasteiger partial charge in [0.15, 0.2) is 0 Å². The number of benzene rings is 3. The highest BCUT2D eigenvalue weighted by atomic mass is 14.9. The van der Waals surface area contributed by atoms with Crippen molar-refractivity contribution in [3.8, 4) is 11.8 Å². The Hall–Kier alpha value is -3.24. The fourth-order valence-corrected chi connectivity index (χ4v) is 4.42. The molecule has 1 aromatic heterocycles. The van der Waals surface area contributed by atoms with E-state index in [4.69, 9.17) is 0 Å². The monoisotopic (exact) mass is 361 g/mol. The van der Waals surface area contributed by atoms with E-state index in [0.29, 0.717) is 5.92 Å². The third kappa shape index (κ3) is 2.74. The van der Waals surface area contributed by atoms with Crippen LogP contribution in [0.15, 0.2) is 91.1 Å². The zero-order valence-corrected chi connectivity index (χ0v) is 16.1. The van der Waals surface area contributed by atoms with Crippen molar-refractivity contribution in [1.29, 1.82) is 0 Å². The van der Waals surface area contributed by atoms with Crippen LogP contribution in [0.3, 0.4) is 0 Å². The van der Waals surface area contributed by atoms with E-state index in [1.807, 2.05) is 6.07 Å². The quantitative estimate of drug-likeness (QED) is 0.399. The predicted octanol–water partition coefficient (Wildman–Crippen LogP) is 5.93. The van der Waals surface area contributed by atoms with E-state index in [2.05, 4.69) is 109 Å². The number of nitrogens with zero attached hydrogens (tertiary/aromatic N) is 1. The highest BCUT2D eigenvalue weighted by Gasteiger charge is 2.48. The van der Waals surface area contributed by atoms with Crippen LogP contribution in [0.1, 0.15) is 29.5 Å². The Kier molecular flexibility index (Phi) is 4.06. The van der Waals surface area contributed by atoms with Crippen LogP contribution in [-0.4, -0.2) is 4.57 Å². The van der Waals surface area contributed by atoms with Gasteiger partial charge < -0.3 is 4.57 Å². The highest BCUT2D eigenvalue weighted by Crippen LogP contribution is 2.53. The molecule has 3 aromatic carbocycles. The summed E-state index contributed by atoms with van der Waals surface area (Å²) >= 11 is 0. The molecule has 1 atom stereocenters. The third-order valence-electron chi connectivity index (χ3n) is 5.92. The van der Waals surface area contributed by atoms with Crippen LogP contribution in [-0.2, 0) is 12.5 Å². The van der Waals surface area contributed by atoms with Crippen molar-refractivity contribution in [2.45, 2.75) is 18.3 Å². The lowest BCUT2D eigenvalue weighted by Crippen LogP contribution is -2.28. The molecule has 1 fully saturated rings. The first kappa shape index (κ1) is 16.9. The predicted molar refractivity (Wildman–Crippen MR) is 116 cm³/mol. The number of aryl methyl sites for hydroxylation is 1. The van der Waals surface area contributed by atoms with Crippen LogP contribution in [0, 0.1) is 17.8 Å². The second-order valence-electron chi connectivity index (χ2n) is 7.74. The van der Waals surface area contributed by atoms with E-state index in [1.54, 1.807) is 0 Å². The molecule has 1 heteroatoms. The third-order valence-corrected chi connectivity index (χ3v) is 5.92. The van der Waals surface area contributed by atoms with Crippen molar-refractivity contribution in [2.24, 2.45) is 13.0 Å². The lowest BCUT2D eigenvalue weighted by molar-refractivity contribution is 0.580. The smallest absolute Gasteiger partial charge is 0.0864 e. The molecule has 0 N–H and O–H groups in total. The summed E-state index contributed by atoms with van der Waals surface area (Å²) in [6, 6.07) is 29.9. The molecule has 0 spiro atoms. The van der Waals surface area contributed by atoms with Gasteiger partial charge in [-0.1, -0.05) is 78.6 Å². The fraction of sp³-hybridized carbons (Fsp3) is 0.185. The standard InChI is InChI=1S/C27H23N/c1-28-20-25(24-14-8-9-15-26(24)28)27(23-16-17-23,22-12-6-3-7-13-22)19-18-21-10-4-2-5-11-21/h2-15,20,23H,16-17H2,1H3. The topological polar surface area (TPSA) is 4.93 Å². The lowest BCUT2D eigenvalue weighted by atomic mass is 9.71. The van der Waals surface area contributed by atoms with E-state index < -0.39 is 0 Å². The van der Waals surface area contributed by atoms with Crippen molar-refractivity contribution >= 4 is 10.9 Å². The van der Waals surface area contributed by atoms with Crippen LogP contribution < -0.4 is 0 Å². The average molecular weight is 361 g/mol. The molecule has 0 aliphatic heterocycles. The van der Waals surface area contributed by atoms with Crippen LogP contribution >= 0.6 is 0 Å². The Morgan fingerprint density at radius 3 is 2.18 bits per heavy atom. The Bertz CT molecular complexity index is 1170. The van der Waals surface area contributed by atoms with Gasteiger partial charge in [-0.2, -0.15) is 0 Å². The minimum atomic E-state index is -0.280. The molecule has 0 radical (unpaired) electrons. The molecular formula is C27H23N. The molecule has 5 rings (SSSR count). The summed E-state index contributed by atoms with van der Waals surface area (Å²) in [6.07, 6.45) is 4.75. The summed E-state index contributed by atoms with van der Waals surface area (Å²) in [5.41, 5.74) is 4.70. The molecule has 0 saturated heterocycles. The normalized spacial score (nSPS) is 15.6. The molecule has 136 valence electrons. The molecule has 0 bridgehead atoms. The molecule has 1 nitrogen and oxygen atoms in total. The van der Waals surface area contributed by atoms with E-state index in [0.717, 1.165) is 5.56 Å². The van der Waals surface area contributed by atoms with Gasteiger partial charge >= 0.3 is 0 Å². The van der Waals surface area contributed by atoms with Crippen LogP contribution in [0.2, 0.25) is 0 Å². The minimum absolute atomic E-state index is 0.280. The summed E-state index contributed by atoms with van der Waals surface area (Å²) in [6.45, 7) is 0. The summed E-state index contributed by atoms with van der Waals surface area (Å²) in [7, 11) is 2.14. The van der Waals surface area contributed by atoms with E-state index in [9.17, 15) is 0 Å². The van der Waals surface area contributed by atoms with Crippen molar-refractivity contribution in [2.75, 3.05) is 0 Å². The first-order valence-corrected chi connectivity index (χ1v) is 9.97. The van der Waals surface area contributed by atoms with Gasteiger partial charge in [-0.15, -0.1) is 0 Å². The Balaban J connectivity index is 1.81. The van der Waals surface area contributed by atoms with Gasteiger partial charge in [-0.3, -0.25) is 0 Å². The lowest BCUT2D eigenvalue weighted by Gasteiger charge is -2.29. The number of aromatic nitrogens is 1. The molecule has 0 amide bonds. The summed E-state index contributed by atoms with van der Waals surface area (Å²) < 4.78 is 2.24. The van der Waals surface area contributed by atoms with Gasteiger partial charge in [-0.05, 0) is 42.5 Å². The first-order chi connectivity index (χ1) is 13.8. The van der Waals surface area contributed by atoms with Crippen molar-refractivity contribution in [3.63, 3.8) is 0 Å². The first-order valence-electron chi connectivity index (χ1n) is 9.97. The Morgan fingerprint density at radius 2 is 1.46 bits per heavy atom. The van der Waals surface area contributed by atoms with Crippen LogP contribution in [0.4, 0.5) is 0 Å². The summed E-state index contributed by atoms with van der Waals surface area (Å²) in [4.78, 5) is 0. The highest BCUT2D eigenvalue weighted by molar-refractivity contribution is 5.87. The van der Waals surface area contributed by atoms with Gasteiger partial charge in [-0.25, -0.2) is 0 Å². The number of hydrogen-bond acceptors (Lipinski definition) is 0. The van der Waals surface area contributed by atoms with Gasteiger partial charge in [0.2, 0.25) is 0 Å².